The van der Waals surface area contributed by atoms with Crippen molar-refractivity contribution in [2.75, 3.05) is 4.90 Å². The van der Waals surface area contributed by atoms with Crippen molar-refractivity contribution < 1.29 is 8.83 Å². The quantitative estimate of drug-likeness (QED) is 0.176. The van der Waals surface area contributed by atoms with E-state index in [0.717, 1.165) is 88.4 Å². The van der Waals surface area contributed by atoms with Gasteiger partial charge in [0, 0.05) is 38.1 Å². The fourth-order valence-electron chi connectivity index (χ4n) is 9.79. The van der Waals surface area contributed by atoms with E-state index in [0.29, 0.717) is 0 Å². The third kappa shape index (κ3) is 4.68. The largest absolute Gasteiger partial charge is 0.456 e. The lowest BCUT2D eigenvalue weighted by molar-refractivity contribution is 0.660. The van der Waals surface area contributed by atoms with Crippen LogP contribution in [0, 0.1) is 0 Å². The Morgan fingerprint density at radius 2 is 1.00 bits per heavy atom. The minimum absolute atomic E-state index is 0.122. The van der Waals surface area contributed by atoms with Crippen LogP contribution in [0.1, 0.15) is 25.0 Å². The number of para-hydroxylation sites is 3. The van der Waals surface area contributed by atoms with Gasteiger partial charge >= 0.3 is 0 Å². The van der Waals surface area contributed by atoms with Crippen molar-refractivity contribution in [2.24, 2.45) is 0 Å². The summed E-state index contributed by atoms with van der Waals surface area (Å²) >= 11 is 0. The maximum absolute atomic E-state index is 6.82. The summed E-state index contributed by atoms with van der Waals surface area (Å²) in [6.45, 7) is 4.70. The standard InChI is InChI=1S/C55H37NO2/c1-55(2)44-22-9-5-20-42(44)52-41(21-13-23-45(52)55)38-18-7-11-25-47(38)56(48-26-14-28-50-53(48)43-32-29-34-15-3-4-17-37(34)54(43)58-50)46-24-10-6-16-36(46)35-30-31-40-39-19-8-12-27-49(39)57-51(40)33-35/h3-33H,1-2H3. The monoisotopic (exact) mass is 743 g/mol. The molecule has 0 unspecified atom stereocenters. The summed E-state index contributed by atoms with van der Waals surface area (Å²) in [6, 6.07) is 67.7. The zero-order valence-electron chi connectivity index (χ0n) is 32.2. The maximum atomic E-state index is 6.82. The number of fused-ring (bicyclic) bond motifs is 11. The molecular formula is C55H37NO2. The van der Waals surface area contributed by atoms with E-state index in [1.165, 1.54) is 27.8 Å². The van der Waals surface area contributed by atoms with Gasteiger partial charge in [-0.1, -0.05) is 153 Å². The van der Waals surface area contributed by atoms with Crippen LogP contribution in [-0.4, -0.2) is 0 Å². The van der Waals surface area contributed by atoms with Gasteiger partial charge < -0.3 is 13.7 Å². The van der Waals surface area contributed by atoms with Crippen LogP contribution in [0.2, 0.25) is 0 Å². The van der Waals surface area contributed by atoms with Crippen LogP contribution in [0.25, 0.3) is 88.0 Å². The Morgan fingerprint density at radius 1 is 0.397 bits per heavy atom. The second-order valence-electron chi connectivity index (χ2n) is 16.0. The van der Waals surface area contributed by atoms with Crippen LogP contribution in [-0.2, 0) is 5.41 Å². The molecule has 0 aliphatic heterocycles. The van der Waals surface area contributed by atoms with E-state index in [9.17, 15) is 0 Å². The fourth-order valence-corrected chi connectivity index (χ4v) is 9.79. The highest BCUT2D eigenvalue weighted by Crippen LogP contribution is 2.55. The Labute approximate surface area is 336 Å². The number of hydrogen-bond donors (Lipinski definition) is 0. The molecule has 2 aromatic heterocycles. The number of nitrogens with zero attached hydrogens (tertiary/aromatic N) is 1. The average Bonchev–Trinajstić information content (AvgIpc) is 3.92. The maximum Gasteiger partial charge on any atom is 0.143 e. The molecule has 1 aliphatic carbocycles. The van der Waals surface area contributed by atoms with E-state index in [1.807, 2.05) is 12.1 Å². The van der Waals surface area contributed by atoms with E-state index < -0.39 is 0 Å². The molecule has 3 heteroatoms. The lowest BCUT2D eigenvalue weighted by Crippen LogP contribution is -2.15. The minimum atomic E-state index is -0.122. The normalized spacial score (nSPS) is 13.1. The SMILES string of the molecule is CC1(C)c2ccccc2-c2c(-c3ccccc3N(c3ccccc3-c3ccc4c(c3)oc3ccccc34)c3cccc4oc5c6ccccc6ccc5c34)cccc21. The number of benzene rings is 9. The highest BCUT2D eigenvalue weighted by atomic mass is 16.3. The van der Waals surface area contributed by atoms with Gasteiger partial charge in [0.15, 0.2) is 0 Å². The van der Waals surface area contributed by atoms with Crippen LogP contribution >= 0.6 is 0 Å². The van der Waals surface area contributed by atoms with Gasteiger partial charge in [0.05, 0.1) is 22.4 Å². The molecule has 0 bridgehead atoms. The lowest BCUT2D eigenvalue weighted by Gasteiger charge is -2.31. The van der Waals surface area contributed by atoms with E-state index in [1.54, 1.807) is 0 Å². The van der Waals surface area contributed by atoms with Crippen LogP contribution in [0.15, 0.2) is 197 Å². The van der Waals surface area contributed by atoms with Gasteiger partial charge in [-0.25, -0.2) is 0 Å². The topological polar surface area (TPSA) is 29.5 Å². The summed E-state index contributed by atoms with van der Waals surface area (Å²) in [6.07, 6.45) is 0. The smallest absolute Gasteiger partial charge is 0.143 e. The van der Waals surface area contributed by atoms with Crippen LogP contribution in [0.5, 0.6) is 0 Å². The molecule has 58 heavy (non-hydrogen) atoms. The fraction of sp³-hybridized carbons (Fsp3) is 0.0545. The second kappa shape index (κ2) is 12.3. The zero-order valence-corrected chi connectivity index (χ0v) is 32.2. The third-order valence-corrected chi connectivity index (χ3v) is 12.5. The van der Waals surface area contributed by atoms with E-state index in [2.05, 4.69) is 195 Å². The van der Waals surface area contributed by atoms with Gasteiger partial charge in [-0.2, -0.15) is 0 Å². The number of furan rings is 2. The molecule has 3 nitrogen and oxygen atoms in total. The van der Waals surface area contributed by atoms with Crippen molar-refractivity contribution in [3.05, 3.63) is 199 Å². The molecule has 274 valence electrons. The summed E-state index contributed by atoms with van der Waals surface area (Å²) < 4.78 is 13.3. The Kier molecular flexibility index (Phi) is 6.98. The molecule has 0 saturated carbocycles. The van der Waals surface area contributed by atoms with Crippen LogP contribution in [0.4, 0.5) is 17.1 Å². The molecule has 0 atom stereocenters. The van der Waals surface area contributed by atoms with E-state index in [-0.39, 0.29) is 5.41 Å². The predicted octanol–water partition coefficient (Wildman–Crippen LogP) is 15.7. The van der Waals surface area contributed by atoms with Crippen molar-refractivity contribution in [3.8, 4) is 33.4 Å². The summed E-state index contributed by atoms with van der Waals surface area (Å²) in [5, 5.41) is 6.66. The Bertz CT molecular complexity index is 3450. The zero-order chi connectivity index (χ0) is 38.5. The molecule has 11 aromatic rings. The minimum Gasteiger partial charge on any atom is -0.456 e. The number of anilines is 3. The summed E-state index contributed by atoms with van der Waals surface area (Å²) in [5.74, 6) is 0. The van der Waals surface area contributed by atoms with Gasteiger partial charge in [-0.15, -0.1) is 0 Å². The highest BCUT2D eigenvalue weighted by Gasteiger charge is 2.37. The molecule has 0 N–H and O–H groups in total. The van der Waals surface area contributed by atoms with Gasteiger partial charge in [-0.3, -0.25) is 0 Å². The summed E-state index contributed by atoms with van der Waals surface area (Å²) in [5.41, 5.74) is 16.4. The van der Waals surface area contributed by atoms with Crippen molar-refractivity contribution in [1.82, 2.24) is 0 Å². The second-order valence-corrected chi connectivity index (χ2v) is 16.0. The van der Waals surface area contributed by atoms with Crippen molar-refractivity contribution in [2.45, 2.75) is 19.3 Å². The van der Waals surface area contributed by atoms with Gasteiger partial charge in [0.2, 0.25) is 0 Å². The van der Waals surface area contributed by atoms with Gasteiger partial charge in [0.1, 0.15) is 22.3 Å². The van der Waals surface area contributed by atoms with Crippen LogP contribution in [0.3, 0.4) is 0 Å². The molecular weight excluding hydrogens is 707 g/mol. The van der Waals surface area contributed by atoms with Gasteiger partial charge in [-0.05, 0) is 87.3 Å². The Hall–Kier alpha value is -7.36. The molecule has 2 heterocycles. The molecule has 12 rings (SSSR count). The third-order valence-electron chi connectivity index (χ3n) is 12.5. The van der Waals surface area contributed by atoms with E-state index in [4.69, 9.17) is 8.83 Å². The van der Waals surface area contributed by atoms with Crippen molar-refractivity contribution >= 4 is 71.7 Å². The molecule has 0 saturated heterocycles. The van der Waals surface area contributed by atoms with Crippen LogP contribution < -0.4 is 4.90 Å². The first-order chi connectivity index (χ1) is 28.5. The lowest BCUT2D eigenvalue weighted by atomic mass is 9.82. The summed E-state index contributed by atoms with van der Waals surface area (Å²) in [4.78, 5) is 2.46. The molecule has 0 radical (unpaired) electrons. The highest BCUT2D eigenvalue weighted by molar-refractivity contribution is 6.20. The Balaban J connectivity index is 1.16. The average molecular weight is 744 g/mol. The van der Waals surface area contributed by atoms with Gasteiger partial charge in [0.25, 0.3) is 0 Å². The number of rotatable bonds is 5. The first-order valence-corrected chi connectivity index (χ1v) is 20.0. The van der Waals surface area contributed by atoms with E-state index >= 15 is 0 Å². The predicted molar refractivity (Wildman–Crippen MR) is 242 cm³/mol. The molecule has 0 amide bonds. The first-order valence-electron chi connectivity index (χ1n) is 20.0. The molecule has 1 aliphatic rings. The molecule has 0 spiro atoms. The summed E-state index contributed by atoms with van der Waals surface area (Å²) in [7, 11) is 0. The van der Waals surface area contributed by atoms with Crippen molar-refractivity contribution in [1.29, 1.82) is 0 Å². The molecule has 9 aromatic carbocycles. The first kappa shape index (κ1) is 32.8. The van der Waals surface area contributed by atoms with Crippen molar-refractivity contribution in [3.63, 3.8) is 0 Å². The number of hydrogen-bond acceptors (Lipinski definition) is 3. The molecule has 0 fully saturated rings. The Morgan fingerprint density at radius 3 is 1.88 bits per heavy atom.